The molecule has 5 nitrogen and oxygen atoms in total. The monoisotopic (exact) mass is 518 g/mol. The number of unbranched alkanes of at least 4 members (excludes halogenated alkanes) is 4. The first-order valence-electron chi connectivity index (χ1n) is 13.6. The minimum absolute atomic E-state index is 0.195. The number of carbonyl (C=O) groups excluding carboxylic acids is 1. The number of hydrogen-bond acceptors (Lipinski definition) is 5. The van der Waals surface area contributed by atoms with E-state index in [0.29, 0.717) is 35.5 Å². The van der Waals surface area contributed by atoms with Crippen molar-refractivity contribution >= 4 is 17.6 Å². The highest BCUT2D eigenvalue weighted by atomic mass is 35.5. The van der Waals surface area contributed by atoms with Crippen LogP contribution in [0.4, 0.5) is 4.39 Å². The summed E-state index contributed by atoms with van der Waals surface area (Å²) in [6, 6.07) is 5.64. The van der Waals surface area contributed by atoms with E-state index in [0.717, 1.165) is 49.7 Å². The predicted molar refractivity (Wildman–Crippen MR) is 142 cm³/mol. The number of aromatic nitrogens is 2. The van der Waals surface area contributed by atoms with E-state index >= 15 is 0 Å². The van der Waals surface area contributed by atoms with Crippen molar-refractivity contribution < 1.29 is 18.7 Å². The van der Waals surface area contributed by atoms with Crippen LogP contribution < -0.4 is 4.74 Å². The van der Waals surface area contributed by atoms with E-state index in [1.165, 1.54) is 25.7 Å². The summed E-state index contributed by atoms with van der Waals surface area (Å²) < 4.78 is 25.3. The van der Waals surface area contributed by atoms with Gasteiger partial charge in [-0.3, -0.25) is 0 Å². The summed E-state index contributed by atoms with van der Waals surface area (Å²) in [5.41, 5.74) is 2.02. The van der Waals surface area contributed by atoms with Gasteiger partial charge in [-0.2, -0.15) is 0 Å². The number of hydrogen-bond donors (Lipinski definition) is 0. The molecule has 0 radical (unpaired) electrons. The van der Waals surface area contributed by atoms with Crippen molar-refractivity contribution in [1.82, 2.24) is 9.97 Å². The molecular weight excluding hydrogens is 479 g/mol. The molecule has 0 spiro atoms. The van der Waals surface area contributed by atoms with Crippen molar-refractivity contribution in [2.45, 2.75) is 103 Å². The maximum atomic E-state index is 13.9. The van der Waals surface area contributed by atoms with E-state index in [1.54, 1.807) is 0 Å². The molecular formula is C29H40ClFN2O3. The molecule has 36 heavy (non-hydrogen) atoms. The second-order valence-electron chi connectivity index (χ2n) is 9.87. The van der Waals surface area contributed by atoms with Crippen LogP contribution in [0.3, 0.4) is 0 Å². The van der Waals surface area contributed by atoms with E-state index in [4.69, 9.17) is 21.1 Å². The number of ether oxygens (including phenoxy) is 2. The number of rotatable bonds is 14. The molecule has 3 rings (SSSR count). The van der Waals surface area contributed by atoms with Crippen LogP contribution in [0.15, 0.2) is 30.6 Å². The van der Waals surface area contributed by atoms with Crippen LogP contribution in [0, 0.1) is 5.92 Å². The lowest BCUT2D eigenvalue weighted by molar-refractivity contribution is -0.157. The van der Waals surface area contributed by atoms with Gasteiger partial charge in [0, 0.05) is 18.0 Å². The van der Waals surface area contributed by atoms with Crippen LogP contribution in [0.5, 0.6) is 5.75 Å². The number of alkyl halides is 1. The third kappa shape index (κ3) is 9.02. The largest absolute Gasteiger partial charge is 0.492 e. The average Bonchev–Trinajstić information content (AvgIpc) is 2.90. The van der Waals surface area contributed by atoms with Gasteiger partial charge in [0.25, 0.3) is 0 Å². The zero-order valence-electron chi connectivity index (χ0n) is 21.7. The second-order valence-corrected chi connectivity index (χ2v) is 10.3. The topological polar surface area (TPSA) is 61.3 Å². The van der Waals surface area contributed by atoms with Gasteiger partial charge in [0.1, 0.15) is 11.9 Å². The van der Waals surface area contributed by atoms with E-state index in [-0.39, 0.29) is 12.5 Å². The van der Waals surface area contributed by atoms with Gasteiger partial charge in [0.2, 0.25) is 0 Å². The van der Waals surface area contributed by atoms with Crippen LogP contribution >= 0.6 is 11.6 Å². The molecule has 1 aliphatic rings. The van der Waals surface area contributed by atoms with Crippen LogP contribution in [0.1, 0.15) is 90.0 Å². The normalized spacial score (nSPS) is 18.6. The lowest BCUT2D eigenvalue weighted by Crippen LogP contribution is -2.30. The van der Waals surface area contributed by atoms with Crippen LogP contribution in [0.25, 0.3) is 11.4 Å². The highest BCUT2D eigenvalue weighted by Gasteiger charge is 2.27. The lowest BCUT2D eigenvalue weighted by atomic mass is 9.88. The zero-order chi connectivity index (χ0) is 25.8. The first-order chi connectivity index (χ1) is 17.5. The number of aryl methyl sites for hydroxylation is 1. The van der Waals surface area contributed by atoms with Gasteiger partial charge < -0.3 is 9.47 Å². The summed E-state index contributed by atoms with van der Waals surface area (Å²) in [4.78, 5) is 21.0. The molecule has 1 heterocycles. The van der Waals surface area contributed by atoms with Gasteiger partial charge in [0.05, 0.1) is 11.6 Å². The van der Waals surface area contributed by atoms with Crippen LogP contribution in [-0.2, 0) is 16.0 Å². The Bertz CT molecular complexity index is 933. The van der Waals surface area contributed by atoms with E-state index in [2.05, 4.69) is 16.9 Å². The van der Waals surface area contributed by atoms with Crippen LogP contribution in [0.2, 0.25) is 5.02 Å². The minimum atomic E-state index is -1.50. The van der Waals surface area contributed by atoms with Gasteiger partial charge in [0.15, 0.2) is 12.0 Å². The first-order valence-corrected chi connectivity index (χ1v) is 14.0. The summed E-state index contributed by atoms with van der Waals surface area (Å²) in [5, 5.41) is 0.531. The Morgan fingerprint density at radius 3 is 2.44 bits per heavy atom. The smallest absolute Gasteiger partial charge is 0.340 e. The fourth-order valence-electron chi connectivity index (χ4n) is 4.51. The highest BCUT2D eigenvalue weighted by Crippen LogP contribution is 2.32. The third-order valence-corrected chi connectivity index (χ3v) is 7.13. The second kappa shape index (κ2) is 15.1. The lowest BCUT2D eigenvalue weighted by Gasteiger charge is -2.28. The molecule has 0 N–H and O–H groups in total. The van der Waals surface area contributed by atoms with Crippen molar-refractivity contribution in [2.75, 3.05) is 6.61 Å². The fraction of sp³-hybridized carbons (Fsp3) is 0.621. The Morgan fingerprint density at radius 1 is 1.06 bits per heavy atom. The summed E-state index contributed by atoms with van der Waals surface area (Å²) in [5.74, 6) is 0.933. The number of esters is 1. The quantitative estimate of drug-likeness (QED) is 0.188. The van der Waals surface area contributed by atoms with Gasteiger partial charge in [-0.15, -0.1) is 0 Å². The van der Waals surface area contributed by atoms with Crippen molar-refractivity contribution in [3.05, 3.63) is 41.2 Å². The molecule has 1 aliphatic carbocycles. The Labute approximate surface area is 220 Å². The molecule has 7 heteroatoms. The molecule has 2 aromatic rings. The maximum absolute atomic E-state index is 13.9. The summed E-state index contributed by atoms with van der Waals surface area (Å²) >= 11 is 6.50. The minimum Gasteiger partial charge on any atom is -0.492 e. The maximum Gasteiger partial charge on any atom is 0.340 e. The number of benzene rings is 1. The molecule has 1 saturated carbocycles. The molecule has 1 aromatic heterocycles. The predicted octanol–water partition coefficient (Wildman–Crippen LogP) is 7.93. The molecule has 1 aromatic carbocycles. The molecule has 0 saturated heterocycles. The standard InChI is InChI=1S/C29H40ClFN2O3/c1-3-5-7-8-9-22-18-32-28(33-19-22)23-13-16-27(25(30)17-23)35-20-21-11-14-24(15-12-21)36-29(34)26(31)10-6-4-2/h13,16-19,21,24,26H,3-12,14-15,20H2,1-2H3/t21-,24-,26-/m0/s1. The fourth-order valence-corrected chi connectivity index (χ4v) is 4.74. The molecule has 1 fully saturated rings. The Morgan fingerprint density at radius 2 is 1.78 bits per heavy atom. The average molecular weight is 519 g/mol. The van der Waals surface area contributed by atoms with Crippen molar-refractivity contribution in [3.63, 3.8) is 0 Å². The number of halogens is 2. The molecule has 0 aliphatic heterocycles. The Hall–Kier alpha value is -2.21. The summed E-state index contributed by atoms with van der Waals surface area (Å²) in [6.45, 7) is 4.74. The number of carbonyl (C=O) groups is 1. The Balaban J connectivity index is 1.42. The van der Waals surface area contributed by atoms with Gasteiger partial charge in [-0.25, -0.2) is 19.2 Å². The van der Waals surface area contributed by atoms with E-state index < -0.39 is 12.1 Å². The molecule has 1 atom stereocenters. The first kappa shape index (κ1) is 28.4. The highest BCUT2D eigenvalue weighted by molar-refractivity contribution is 6.32. The summed E-state index contributed by atoms with van der Waals surface area (Å²) in [7, 11) is 0. The molecule has 0 unspecified atom stereocenters. The number of nitrogens with zero attached hydrogens (tertiary/aromatic N) is 2. The zero-order valence-corrected chi connectivity index (χ0v) is 22.4. The summed E-state index contributed by atoms with van der Waals surface area (Å²) in [6.07, 6.45) is 13.0. The van der Waals surface area contributed by atoms with Crippen LogP contribution in [-0.4, -0.2) is 34.8 Å². The molecule has 198 valence electrons. The van der Waals surface area contributed by atoms with Crippen molar-refractivity contribution in [3.8, 4) is 17.1 Å². The SMILES string of the molecule is CCCCCCc1cnc(-c2ccc(OC[C@H]3CC[C@H](OC(=O)[C@@H](F)CCCC)CC3)c(Cl)c2)nc1. The third-order valence-electron chi connectivity index (χ3n) is 6.83. The van der Waals surface area contributed by atoms with Crippen molar-refractivity contribution in [1.29, 1.82) is 0 Å². The van der Waals surface area contributed by atoms with E-state index in [9.17, 15) is 9.18 Å². The van der Waals surface area contributed by atoms with Gasteiger partial charge >= 0.3 is 5.97 Å². The van der Waals surface area contributed by atoms with Gasteiger partial charge in [-0.1, -0.05) is 57.6 Å². The molecule has 0 amide bonds. The molecule has 0 bridgehead atoms. The Kier molecular flexibility index (Phi) is 11.9. The van der Waals surface area contributed by atoms with Crippen molar-refractivity contribution in [2.24, 2.45) is 5.92 Å². The van der Waals surface area contributed by atoms with E-state index in [1.807, 2.05) is 37.5 Å². The van der Waals surface area contributed by atoms with Gasteiger partial charge in [-0.05, 0) is 74.6 Å².